The van der Waals surface area contributed by atoms with Gasteiger partial charge in [-0.3, -0.25) is 9.59 Å². The Bertz CT molecular complexity index is 254. The van der Waals surface area contributed by atoms with Crippen molar-refractivity contribution in [2.75, 3.05) is 0 Å². The molecule has 3 aliphatic rings. The van der Waals surface area contributed by atoms with Crippen LogP contribution in [-0.2, 0) is 9.59 Å². The second kappa shape index (κ2) is 2.43. The fourth-order valence-electron chi connectivity index (χ4n) is 3.80. The van der Waals surface area contributed by atoms with E-state index in [1.165, 1.54) is 12.8 Å². The molecule has 2 unspecified atom stereocenters. The molecule has 2 bridgehead atoms. The summed E-state index contributed by atoms with van der Waals surface area (Å²) in [5.74, 6) is 2.23. The van der Waals surface area contributed by atoms with E-state index in [1.807, 2.05) is 0 Å². The van der Waals surface area contributed by atoms with E-state index in [0.29, 0.717) is 36.2 Å². The van der Waals surface area contributed by atoms with Crippen molar-refractivity contribution in [3.63, 3.8) is 0 Å². The van der Waals surface area contributed by atoms with Crippen molar-refractivity contribution < 1.29 is 9.59 Å². The maximum Gasteiger partial charge on any atom is 0.137 e. The van der Waals surface area contributed by atoms with E-state index in [2.05, 4.69) is 0 Å². The summed E-state index contributed by atoms with van der Waals surface area (Å²) in [5.41, 5.74) is 0. The van der Waals surface area contributed by atoms with Crippen LogP contribution in [-0.4, -0.2) is 11.6 Å². The van der Waals surface area contributed by atoms with E-state index < -0.39 is 0 Å². The summed E-state index contributed by atoms with van der Waals surface area (Å²) in [7, 11) is 0. The summed E-state index contributed by atoms with van der Waals surface area (Å²) in [5, 5.41) is 0. The molecule has 0 aromatic carbocycles. The van der Waals surface area contributed by atoms with Crippen LogP contribution in [0.4, 0.5) is 0 Å². The summed E-state index contributed by atoms with van der Waals surface area (Å²) in [4.78, 5) is 23.3. The number of Topliss-reactive ketones (excluding diaryl/α,β-unsaturated/α-hetero) is 2. The van der Waals surface area contributed by atoms with Gasteiger partial charge in [-0.05, 0) is 31.1 Å². The predicted molar refractivity (Wildman–Crippen MR) is 47.1 cm³/mol. The lowest BCUT2D eigenvalue weighted by atomic mass is 9.69. The van der Waals surface area contributed by atoms with Gasteiger partial charge in [0, 0.05) is 24.7 Å². The van der Waals surface area contributed by atoms with Gasteiger partial charge in [-0.2, -0.15) is 0 Å². The van der Waals surface area contributed by atoms with E-state index in [1.54, 1.807) is 0 Å². The van der Waals surface area contributed by atoms with Crippen molar-refractivity contribution in [1.29, 1.82) is 0 Å². The van der Waals surface area contributed by atoms with E-state index in [4.69, 9.17) is 0 Å². The number of carbonyl (C=O) groups is 2. The molecule has 3 aliphatic carbocycles. The van der Waals surface area contributed by atoms with Crippen molar-refractivity contribution in [2.24, 2.45) is 23.7 Å². The quantitative estimate of drug-likeness (QED) is 0.564. The summed E-state index contributed by atoms with van der Waals surface area (Å²) >= 11 is 0. The second-order valence-corrected chi connectivity index (χ2v) is 4.82. The largest absolute Gasteiger partial charge is 0.299 e. The van der Waals surface area contributed by atoms with Crippen molar-refractivity contribution >= 4 is 11.6 Å². The molecule has 0 N–H and O–H groups in total. The van der Waals surface area contributed by atoms with Gasteiger partial charge < -0.3 is 0 Å². The molecule has 0 aromatic heterocycles. The Kier molecular flexibility index (Phi) is 1.44. The first-order valence-electron chi connectivity index (χ1n) is 5.33. The molecule has 2 heteroatoms. The Labute approximate surface area is 77.7 Å². The van der Waals surface area contributed by atoms with Gasteiger partial charge in [0.25, 0.3) is 0 Å². The van der Waals surface area contributed by atoms with Crippen molar-refractivity contribution in [3.05, 3.63) is 0 Å². The van der Waals surface area contributed by atoms with Gasteiger partial charge in [0.1, 0.15) is 11.6 Å². The highest BCUT2D eigenvalue weighted by Gasteiger charge is 2.54. The van der Waals surface area contributed by atoms with Gasteiger partial charge >= 0.3 is 0 Å². The first-order chi connectivity index (χ1) is 6.27. The minimum absolute atomic E-state index is 0.153. The molecule has 0 aliphatic heterocycles. The third-order valence-corrected chi connectivity index (χ3v) is 4.28. The number of hydrogen-bond donors (Lipinski definition) is 0. The maximum atomic E-state index is 11.7. The fourth-order valence-corrected chi connectivity index (χ4v) is 3.80. The zero-order valence-corrected chi connectivity index (χ0v) is 7.66. The van der Waals surface area contributed by atoms with E-state index >= 15 is 0 Å². The molecular formula is C11H14O2. The smallest absolute Gasteiger partial charge is 0.137 e. The number of rotatable bonds is 0. The monoisotopic (exact) mass is 178 g/mol. The third-order valence-electron chi connectivity index (χ3n) is 4.28. The van der Waals surface area contributed by atoms with Gasteiger partial charge in [0.2, 0.25) is 0 Å². The Hall–Kier alpha value is -0.660. The van der Waals surface area contributed by atoms with Crippen LogP contribution in [0.1, 0.15) is 32.1 Å². The van der Waals surface area contributed by atoms with Crippen LogP contribution >= 0.6 is 0 Å². The molecule has 3 rings (SSSR count). The zero-order chi connectivity index (χ0) is 9.00. The molecule has 0 aromatic rings. The topological polar surface area (TPSA) is 34.1 Å². The van der Waals surface area contributed by atoms with Crippen molar-refractivity contribution in [3.8, 4) is 0 Å². The van der Waals surface area contributed by atoms with Gasteiger partial charge in [0.05, 0.1) is 0 Å². The molecule has 0 spiro atoms. The molecule has 0 amide bonds. The first kappa shape index (κ1) is 7.72. The Morgan fingerprint density at radius 3 is 1.77 bits per heavy atom. The predicted octanol–water partition coefficient (Wildman–Crippen LogP) is 1.58. The molecule has 70 valence electrons. The normalized spacial score (nSPS) is 48.3. The summed E-state index contributed by atoms with van der Waals surface area (Å²) in [6.45, 7) is 0. The SMILES string of the molecule is O=C1CCC(=O)[C@H]2C3CCC(C3)[C@@H]12. The van der Waals surface area contributed by atoms with Crippen LogP contribution < -0.4 is 0 Å². The van der Waals surface area contributed by atoms with Gasteiger partial charge in [-0.1, -0.05) is 0 Å². The summed E-state index contributed by atoms with van der Waals surface area (Å²) in [6.07, 6.45) is 4.62. The average molecular weight is 178 g/mol. The molecule has 0 radical (unpaired) electrons. The molecule has 13 heavy (non-hydrogen) atoms. The lowest BCUT2D eigenvalue weighted by molar-refractivity contribution is -0.139. The zero-order valence-electron chi connectivity index (χ0n) is 7.66. The van der Waals surface area contributed by atoms with Crippen LogP contribution in [0.25, 0.3) is 0 Å². The molecule has 3 saturated carbocycles. The highest BCUT2D eigenvalue weighted by atomic mass is 16.1. The lowest BCUT2D eigenvalue weighted by Gasteiger charge is -2.32. The van der Waals surface area contributed by atoms with Gasteiger partial charge in [0.15, 0.2) is 0 Å². The van der Waals surface area contributed by atoms with Gasteiger partial charge in [-0.15, -0.1) is 0 Å². The van der Waals surface area contributed by atoms with E-state index in [9.17, 15) is 9.59 Å². The molecule has 3 fully saturated rings. The van der Waals surface area contributed by atoms with Crippen LogP contribution in [0, 0.1) is 23.7 Å². The molecule has 2 nitrogen and oxygen atoms in total. The van der Waals surface area contributed by atoms with E-state index in [0.717, 1.165) is 6.42 Å². The number of carbonyl (C=O) groups excluding carboxylic acids is 2. The molecule has 0 saturated heterocycles. The molecule has 4 atom stereocenters. The summed E-state index contributed by atoms with van der Waals surface area (Å²) in [6, 6.07) is 0. The van der Waals surface area contributed by atoms with Crippen LogP contribution in [0.5, 0.6) is 0 Å². The number of ketones is 2. The molecule has 0 heterocycles. The highest BCUT2D eigenvalue weighted by molar-refractivity contribution is 5.97. The Balaban J connectivity index is 1.98. The maximum absolute atomic E-state index is 11.7. The van der Waals surface area contributed by atoms with Crippen LogP contribution in [0.15, 0.2) is 0 Å². The second-order valence-electron chi connectivity index (χ2n) is 4.82. The van der Waals surface area contributed by atoms with Crippen molar-refractivity contribution in [2.45, 2.75) is 32.1 Å². The average Bonchev–Trinajstić information content (AvgIpc) is 2.70. The van der Waals surface area contributed by atoms with Gasteiger partial charge in [-0.25, -0.2) is 0 Å². The van der Waals surface area contributed by atoms with E-state index in [-0.39, 0.29) is 11.8 Å². The number of fused-ring (bicyclic) bond motifs is 5. The number of hydrogen-bond acceptors (Lipinski definition) is 2. The Morgan fingerprint density at radius 1 is 0.846 bits per heavy atom. The fraction of sp³-hybridized carbons (Fsp3) is 0.818. The Morgan fingerprint density at radius 2 is 1.31 bits per heavy atom. The first-order valence-corrected chi connectivity index (χ1v) is 5.33. The standard InChI is InChI=1S/C11H14O2/c12-8-3-4-9(13)11-7-2-1-6(5-7)10(8)11/h6-7,10-11H,1-5H2/t6?,7?,10-,11+. The van der Waals surface area contributed by atoms with Crippen LogP contribution in [0.3, 0.4) is 0 Å². The minimum Gasteiger partial charge on any atom is -0.299 e. The molecular weight excluding hydrogens is 164 g/mol. The van der Waals surface area contributed by atoms with Crippen molar-refractivity contribution in [1.82, 2.24) is 0 Å². The summed E-state index contributed by atoms with van der Waals surface area (Å²) < 4.78 is 0. The third kappa shape index (κ3) is 0.890. The highest BCUT2D eigenvalue weighted by Crippen LogP contribution is 2.54. The minimum atomic E-state index is 0.153. The lowest BCUT2D eigenvalue weighted by Crippen LogP contribution is -2.39. The van der Waals surface area contributed by atoms with Crippen LogP contribution in [0.2, 0.25) is 0 Å².